The van der Waals surface area contributed by atoms with E-state index in [9.17, 15) is 14.9 Å². The van der Waals surface area contributed by atoms with Gasteiger partial charge in [0.25, 0.3) is 5.91 Å². The second-order valence-electron chi connectivity index (χ2n) is 5.58. The third-order valence-electron chi connectivity index (χ3n) is 4.01. The van der Waals surface area contributed by atoms with Crippen LogP contribution in [0.15, 0.2) is 46.9 Å². The summed E-state index contributed by atoms with van der Waals surface area (Å²) in [6.07, 6.45) is 0. The van der Waals surface area contributed by atoms with E-state index in [-0.39, 0.29) is 17.7 Å². The summed E-state index contributed by atoms with van der Waals surface area (Å²) in [6.45, 7) is 2.00. The van der Waals surface area contributed by atoms with Crippen LogP contribution in [0.3, 0.4) is 0 Å². The molecule has 0 aliphatic carbocycles. The van der Waals surface area contributed by atoms with Crippen LogP contribution in [0.1, 0.15) is 22.2 Å². The lowest BCUT2D eigenvalue weighted by atomic mass is 10.0. The minimum Gasteiger partial charge on any atom is -0.395 e. The second-order valence-corrected chi connectivity index (χ2v) is 5.58. The highest BCUT2D eigenvalue weighted by Gasteiger charge is 2.32. The third-order valence-corrected chi connectivity index (χ3v) is 4.01. The number of benzene rings is 1. The van der Waals surface area contributed by atoms with Gasteiger partial charge in [0.1, 0.15) is 4.92 Å². The fraction of sp³-hybridized carbons (Fsp3) is 0.312. The van der Waals surface area contributed by atoms with Crippen molar-refractivity contribution in [2.45, 2.75) is 6.04 Å². The van der Waals surface area contributed by atoms with Crippen molar-refractivity contribution in [1.82, 2.24) is 9.80 Å². The van der Waals surface area contributed by atoms with Crippen molar-refractivity contribution in [2.24, 2.45) is 0 Å². The van der Waals surface area contributed by atoms with Gasteiger partial charge in [-0.05, 0) is 18.7 Å². The Labute approximate surface area is 133 Å². The van der Waals surface area contributed by atoms with Gasteiger partial charge in [-0.25, -0.2) is 0 Å². The van der Waals surface area contributed by atoms with Gasteiger partial charge in [0.05, 0.1) is 12.1 Å². The number of furan rings is 1. The quantitative estimate of drug-likeness (QED) is 0.641. The molecule has 1 fully saturated rings. The van der Waals surface area contributed by atoms with Crippen LogP contribution in [0, 0.1) is 10.1 Å². The Morgan fingerprint density at radius 1 is 1.22 bits per heavy atom. The van der Waals surface area contributed by atoms with E-state index in [1.807, 2.05) is 37.4 Å². The smallest absolute Gasteiger partial charge is 0.395 e. The Bertz CT molecular complexity index is 713. The van der Waals surface area contributed by atoms with Gasteiger partial charge in [0, 0.05) is 19.6 Å². The number of nitro groups is 1. The van der Waals surface area contributed by atoms with Gasteiger partial charge in [-0.1, -0.05) is 30.3 Å². The third kappa shape index (κ3) is 3.09. The van der Waals surface area contributed by atoms with E-state index < -0.39 is 10.8 Å². The molecule has 3 rings (SSSR count). The van der Waals surface area contributed by atoms with Crippen molar-refractivity contribution in [2.75, 3.05) is 26.7 Å². The van der Waals surface area contributed by atoms with Gasteiger partial charge in [0.2, 0.25) is 0 Å². The van der Waals surface area contributed by atoms with E-state index in [4.69, 9.17) is 4.42 Å². The molecule has 0 radical (unpaired) electrons. The first-order valence-corrected chi connectivity index (χ1v) is 7.35. The predicted molar refractivity (Wildman–Crippen MR) is 83.1 cm³/mol. The highest BCUT2D eigenvalue weighted by atomic mass is 16.6. The van der Waals surface area contributed by atoms with Crippen LogP contribution in [-0.4, -0.2) is 47.3 Å². The number of amides is 1. The largest absolute Gasteiger partial charge is 0.433 e. The van der Waals surface area contributed by atoms with Gasteiger partial charge in [-0.2, -0.15) is 0 Å². The molecule has 0 spiro atoms. The zero-order valence-electron chi connectivity index (χ0n) is 12.7. The topological polar surface area (TPSA) is 79.8 Å². The Morgan fingerprint density at radius 2 is 1.96 bits per heavy atom. The Morgan fingerprint density at radius 3 is 2.61 bits per heavy atom. The zero-order chi connectivity index (χ0) is 16.4. The maximum absolute atomic E-state index is 12.7. The number of nitrogens with zero attached hydrogens (tertiary/aromatic N) is 3. The highest BCUT2D eigenvalue weighted by molar-refractivity contribution is 5.92. The zero-order valence-corrected chi connectivity index (χ0v) is 12.7. The predicted octanol–water partition coefficient (Wildman–Crippen LogP) is 2.32. The maximum atomic E-state index is 12.7. The minimum atomic E-state index is -0.643. The van der Waals surface area contributed by atoms with Crippen LogP contribution in [0.4, 0.5) is 5.88 Å². The monoisotopic (exact) mass is 315 g/mol. The van der Waals surface area contributed by atoms with Crippen molar-refractivity contribution in [3.63, 3.8) is 0 Å². The molecule has 1 unspecified atom stereocenters. The van der Waals surface area contributed by atoms with Crippen molar-refractivity contribution in [3.05, 3.63) is 63.9 Å². The van der Waals surface area contributed by atoms with Crippen LogP contribution in [0.25, 0.3) is 0 Å². The molecule has 120 valence electrons. The number of hydrogen-bond acceptors (Lipinski definition) is 5. The SMILES string of the molecule is CN1CCN(C(=O)c2ccc([N+](=O)[O-])o2)C(c2ccccc2)C1. The summed E-state index contributed by atoms with van der Waals surface area (Å²) in [4.78, 5) is 26.7. The highest BCUT2D eigenvalue weighted by Crippen LogP contribution is 2.27. The number of carbonyl (C=O) groups excluding carboxylic acids is 1. The Balaban J connectivity index is 1.88. The molecule has 23 heavy (non-hydrogen) atoms. The first kappa shape index (κ1) is 15.2. The molecule has 2 aromatic rings. The molecule has 1 aromatic carbocycles. The molecule has 0 bridgehead atoms. The van der Waals surface area contributed by atoms with E-state index in [2.05, 4.69) is 4.90 Å². The van der Waals surface area contributed by atoms with E-state index in [1.54, 1.807) is 4.90 Å². The first-order valence-electron chi connectivity index (χ1n) is 7.35. The molecule has 2 heterocycles. The van der Waals surface area contributed by atoms with Gasteiger partial charge in [-0.15, -0.1) is 0 Å². The van der Waals surface area contributed by atoms with E-state index >= 15 is 0 Å². The number of hydrogen-bond donors (Lipinski definition) is 0. The van der Waals surface area contributed by atoms with E-state index in [0.29, 0.717) is 13.1 Å². The molecular formula is C16H17N3O4. The van der Waals surface area contributed by atoms with Crippen LogP contribution in [0.5, 0.6) is 0 Å². The van der Waals surface area contributed by atoms with Crippen molar-refractivity contribution < 1.29 is 14.1 Å². The van der Waals surface area contributed by atoms with Crippen molar-refractivity contribution in [3.8, 4) is 0 Å². The summed E-state index contributed by atoms with van der Waals surface area (Å²) in [6, 6.07) is 12.2. The number of carbonyl (C=O) groups is 1. The molecule has 1 amide bonds. The molecule has 0 saturated carbocycles. The summed E-state index contributed by atoms with van der Waals surface area (Å²) in [7, 11) is 2.01. The molecule has 1 saturated heterocycles. The molecule has 1 aromatic heterocycles. The summed E-state index contributed by atoms with van der Waals surface area (Å²) in [5, 5.41) is 10.7. The molecule has 1 aliphatic rings. The van der Waals surface area contributed by atoms with Crippen LogP contribution >= 0.6 is 0 Å². The molecule has 7 heteroatoms. The standard InChI is InChI=1S/C16H17N3O4/c1-17-9-10-18(13(11-17)12-5-3-2-4-6-12)16(20)14-7-8-15(23-14)19(21)22/h2-8,13H,9-11H2,1H3. The van der Waals surface area contributed by atoms with Crippen LogP contribution in [-0.2, 0) is 0 Å². The molecule has 7 nitrogen and oxygen atoms in total. The van der Waals surface area contributed by atoms with Crippen molar-refractivity contribution >= 4 is 11.8 Å². The first-order chi connectivity index (χ1) is 11.1. The van der Waals surface area contributed by atoms with E-state index in [1.165, 1.54) is 12.1 Å². The molecule has 0 N–H and O–H groups in total. The van der Waals surface area contributed by atoms with Crippen LogP contribution in [0.2, 0.25) is 0 Å². The summed E-state index contributed by atoms with van der Waals surface area (Å²) in [5.74, 6) is -0.735. The van der Waals surface area contributed by atoms with Gasteiger partial charge in [0.15, 0.2) is 5.76 Å². The molecule has 1 aliphatic heterocycles. The van der Waals surface area contributed by atoms with E-state index in [0.717, 1.165) is 12.1 Å². The Hall–Kier alpha value is -2.67. The molecule has 1 atom stereocenters. The lowest BCUT2D eigenvalue weighted by Crippen LogP contribution is -2.49. The number of likely N-dealkylation sites (N-methyl/N-ethyl adjacent to an activating group) is 1. The van der Waals surface area contributed by atoms with Crippen LogP contribution < -0.4 is 0 Å². The maximum Gasteiger partial charge on any atom is 0.433 e. The summed E-state index contributed by atoms with van der Waals surface area (Å²) >= 11 is 0. The number of rotatable bonds is 3. The Kier molecular flexibility index (Phi) is 4.12. The average Bonchev–Trinajstić information content (AvgIpc) is 3.05. The fourth-order valence-electron chi connectivity index (χ4n) is 2.81. The second kappa shape index (κ2) is 6.21. The number of piperazine rings is 1. The average molecular weight is 315 g/mol. The lowest BCUT2D eigenvalue weighted by molar-refractivity contribution is -0.402. The van der Waals surface area contributed by atoms with Gasteiger partial charge < -0.3 is 14.2 Å². The normalized spacial score (nSPS) is 18.8. The fourth-order valence-corrected chi connectivity index (χ4v) is 2.81. The summed E-state index contributed by atoms with van der Waals surface area (Å²) < 4.78 is 5.07. The lowest BCUT2D eigenvalue weighted by Gasteiger charge is -2.39. The minimum absolute atomic E-state index is 0.00202. The molecular weight excluding hydrogens is 298 g/mol. The van der Waals surface area contributed by atoms with Crippen molar-refractivity contribution in [1.29, 1.82) is 0 Å². The van der Waals surface area contributed by atoms with Gasteiger partial charge >= 0.3 is 5.88 Å². The van der Waals surface area contributed by atoms with Gasteiger partial charge in [-0.3, -0.25) is 14.9 Å². The summed E-state index contributed by atoms with van der Waals surface area (Å²) in [5.41, 5.74) is 1.04.